The third-order valence-electron chi connectivity index (χ3n) is 2.54. The lowest BCUT2D eigenvalue weighted by Crippen LogP contribution is -1.78. The number of hydrogen-bond donors (Lipinski definition) is 2. The van der Waals surface area contributed by atoms with Gasteiger partial charge in [0.1, 0.15) is 11.4 Å². The topological polar surface area (TPSA) is 62.1 Å². The number of rotatable bonds is 2. The Morgan fingerprint density at radius 3 is 2.76 bits per heavy atom. The average Bonchev–Trinajstić information content (AvgIpc) is 3.00. The first-order valence-electron chi connectivity index (χ1n) is 5.22. The number of nitrogens with zero attached hydrogens (tertiary/aromatic N) is 1. The van der Waals surface area contributed by atoms with Crippen molar-refractivity contribution in [3.63, 3.8) is 0 Å². The standard InChI is InChI=1S/C13H10N2O2/c16-12-5-2-1-4-9(12)10-8-11(15-14-10)13-6-3-7-17-13/h1-8,16H,(H,14,15). The molecule has 3 aromatic rings. The van der Waals surface area contributed by atoms with Gasteiger partial charge in [0.2, 0.25) is 0 Å². The molecule has 0 spiro atoms. The van der Waals surface area contributed by atoms with Crippen LogP contribution >= 0.6 is 0 Å². The molecule has 0 unspecified atom stereocenters. The number of hydrogen-bond acceptors (Lipinski definition) is 3. The van der Waals surface area contributed by atoms with E-state index in [1.54, 1.807) is 18.4 Å². The predicted molar refractivity (Wildman–Crippen MR) is 63.4 cm³/mol. The molecule has 0 saturated heterocycles. The summed E-state index contributed by atoms with van der Waals surface area (Å²) in [6.07, 6.45) is 1.61. The first kappa shape index (κ1) is 9.72. The average molecular weight is 226 g/mol. The van der Waals surface area contributed by atoms with Crippen molar-refractivity contribution in [2.75, 3.05) is 0 Å². The van der Waals surface area contributed by atoms with Crippen LogP contribution in [0, 0.1) is 0 Å². The van der Waals surface area contributed by atoms with Crippen molar-refractivity contribution in [2.45, 2.75) is 0 Å². The van der Waals surface area contributed by atoms with Gasteiger partial charge in [0.15, 0.2) is 5.76 Å². The Kier molecular flexibility index (Phi) is 2.19. The maximum absolute atomic E-state index is 9.73. The molecule has 0 radical (unpaired) electrons. The molecule has 84 valence electrons. The largest absolute Gasteiger partial charge is 0.507 e. The van der Waals surface area contributed by atoms with E-state index in [0.717, 1.165) is 11.5 Å². The third kappa shape index (κ3) is 1.69. The highest BCUT2D eigenvalue weighted by molar-refractivity contribution is 5.70. The molecule has 1 aromatic carbocycles. The molecule has 0 fully saturated rings. The number of para-hydroxylation sites is 1. The molecule has 4 heteroatoms. The zero-order chi connectivity index (χ0) is 11.7. The quantitative estimate of drug-likeness (QED) is 0.706. The van der Waals surface area contributed by atoms with Crippen molar-refractivity contribution >= 4 is 0 Å². The molecular formula is C13H10N2O2. The van der Waals surface area contributed by atoms with E-state index in [0.29, 0.717) is 11.3 Å². The molecular weight excluding hydrogens is 216 g/mol. The van der Waals surface area contributed by atoms with Crippen LogP contribution in [0.15, 0.2) is 53.1 Å². The smallest absolute Gasteiger partial charge is 0.151 e. The molecule has 0 amide bonds. The van der Waals surface area contributed by atoms with Crippen LogP contribution < -0.4 is 0 Å². The van der Waals surface area contributed by atoms with Crippen molar-refractivity contribution in [3.8, 4) is 28.5 Å². The number of benzene rings is 1. The fourth-order valence-electron chi connectivity index (χ4n) is 1.71. The summed E-state index contributed by atoms with van der Waals surface area (Å²) < 4.78 is 5.27. The molecule has 0 bridgehead atoms. The second-order valence-electron chi connectivity index (χ2n) is 3.66. The van der Waals surface area contributed by atoms with E-state index in [2.05, 4.69) is 10.2 Å². The molecule has 0 aliphatic rings. The lowest BCUT2D eigenvalue weighted by atomic mass is 10.1. The van der Waals surface area contributed by atoms with Crippen LogP contribution in [0.4, 0.5) is 0 Å². The summed E-state index contributed by atoms with van der Waals surface area (Å²) in [4.78, 5) is 0. The van der Waals surface area contributed by atoms with Gasteiger partial charge in [-0.15, -0.1) is 0 Å². The van der Waals surface area contributed by atoms with E-state index < -0.39 is 0 Å². The van der Waals surface area contributed by atoms with Crippen LogP contribution in [0.2, 0.25) is 0 Å². The Hall–Kier alpha value is -2.49. The number of furan rings is 1. The summed E-state index contributed by atoms with van der Waals surface area (Å²) >= 11 is 0. The van der Waals surface area contributed by atoms with Crippen LogP contribution in [0.25, 0.3) is 22.7 Å². The van der Waals surface area contributed by atoms with Crippen molar-refractivity contribution in [3.05, 3.63) is 48.7 Å². The van der Waals surface area contributed by atoms with Crippen molar-refractivity contribution in [1.29, 1.82) is 0 Å². The van der Waals surface area contributed by atoms with Crippen LogP contribution in [0.1, 0.15) is 0 Å². The van der Waals surface area contributed by atoms with E-state index in [1.165, 1.54) is 0 Å². The molecule has 2 N–H and O–H groups in total. The Morgan fingerprint density at radius 1 is 1.12 bits per heavy atom. The first-order valence-corrected chi connectivity index (χ1v) is 5.22. The number of aromatic nitrogens is 2. The molecule has 0 aliphatic heterocycles. The summed E-state index contributed by atoms with van der Waals surface area (Å²) in [6, 6.07) is 12.6. The van der Waals surface area contributed by atoms with E-state index in [-0.39, 0.29) is 5.75 Å². The molecule has 2 heterocycles. The number of phenols is 1. The van der Waals surface area contributed by atoms with Gasteiger partial charge in [0.25, 0.3) is 0 Å². The fourth-order valence-corrected chi connectivity index (χ4v) is 1.71. The van der Waals surface area contributed by atoms with Crippen LogP contribution in [-0.4, -0.2) is 15.3 Å². The van der Waals surface area contributed by atoms with E-state index >= 15 is 0 Å². The van der Waals surface area contributed by atoms with Gasteiger partial charge in [-0.25, -0.2) is 0 Å². The van der Waals surface area contributed by atoms with Crippen molar-refractivity contribution in [1.82, 2.24) is 10.2 Å². The Labute approximate surface area is 97.5 Å². The number of H-pyrrole nitrogens is 1. The summed E-state index contributed by atoms with van der Waals surface area (Å²) in [5.74, 6) is 0.934. The minimum atomic E-state index is 0.213. The first-order chi connectivity index (χ1) is 8.34. The molecule has 3 rings (SSSR count). The molecule has 0 atom stereocenters. The summed E-state index contributed by atoms with van der Waals surface area (Å²) in [5, 5.41) is 16.8. The molecule has 4 nitrogen and oxygen atoms in total. The Morgan fingerprint density at radius 2 is 2.00 bits per heavy atom. The third-order valence-corrected chi connectivity index (χ3v) is 2.54. The lowest BCUT2D eigenvalue weighted by Gasteiger charge is -1.98. The zero-order valence-electron chi connectivity index (χ0n) is 8.92. The number of nitrogens with one attached hydrogen (secondary N) is 1. The second kappa shape index (κ2) is 3.83. The summed E-state index contributed by atoms with van der Waals surface area (Å²) in [6.45, 7) is 0. The monoisotopic (exact) mass is 226 g/mol. The number of phenolic OH excluding ortho intramolecular Hbond substituents is 1. The number of aromatic hydroxyl groups is 1. The van der Waals surface area contributed by atoms with Crippen LogP contribution in [0.5, 0.6) is 5.75 Å². The van der Waals surface area contributed by atoms with Gasteiger partial charge >= 0.3 is 0 Å². The van der Waals surface area contributed by atoms with Crippen molar-refractivity contribution < 1.29 is 9.52 Å². The summed E-state index contributed by atoms with van der Waals surface area (Å²) in [7, 11) is 0. The van der Waals surface area contributed by atoms with Gasteiger partial charge in [-0.2, -0.15) is 5.10 Å². The van der Waals surface area contributed by atoms with Crippen LogP contribution in [-0.2, 0) is 0 Å². The van der Waals surface area contributed by atoms with Gasteiger partial charge in [-0.3, -0.25) is 5.10 Å². The van der Waals surface area contributed by atoms with Gasteiger partial charge in [-0.05, 0) is 30.3 Å². The minimum absolute atomic E-state index is 0.213. The van der Waals surface area contributed by atoms with E-state index in [1.807, 2.05) is 30.3 Å². The normalized spacial score (nSPS) is 10.6. The fraction of sp³-hybridized carbons (Fsp3) is 0. The lowest BCUT2D eigenvalue weighted by molar-refractivity contribution is 0.477. The highest BCUT2D eigenvalue weighted by atomic mass is 16.3. The van der Waals surface area contributed by atoms with Crippen LogP contribution in [0.3, 0.4) is 0 Å². The highest BCUT2D eigenvalue weighted by Crippen LogP contribution is 2.29. The van der Waals surface area contributed by atoms with E-state index in [4.69, 9.17) is 4.42 Å². The Bertz CT molecular complexity index is 626. The van der Waals surface area contributed by atoms with Gasteiger partial charge < -0.3 is 9.52 Å². The Balaban J connectivity index is 2.04. The molecule has 0 saturated carbocycles. The van der Waals surface area contributed by atoms with Gasteiger partial charge in [-0.1, -0.05) is 12.1 Å². The predicted octanol–water partition coefficient (Wildman–Crippen LogP) is 3.04. The highest BCUT2D eigenvalue weighted by Gasteiger charge is 2.09. The minimum Gasteiger partial charge on any atom is -0.507 e. The summed E-state index contributed by atoms with van der Waals surface area (Å²) in [5.41, 5.74) is 2.17. The van der Waals surface area contributed by atoms with Gasteiger partial charge in [0, 0.05) is 5.56 Å². The molecule has 0 aliphatic carbocycles. The maximum Gasteiger partial charge on any atom is 0.151 e. The second-order valence-corrected chi connectivity index (χ2v) is 3.66. The molecule has 2 aromatic heterocycles. The molecule has 17 heavy (non-hydrogen) atoms. The SMILES string of the molecule is Oc1ccccc1-c1cc(-c2ccco2)[nH]n1. The number of aromatic amines is 1. The zero-order valence-corrected chi connectivity index (χ0v) is 8.92. The van der Waals surface area contributed by atoms with Gasteiger partial charge in [0.05, 0.1) is 12.0 Å². The van der Waals surface area contributed by atoms with Crippen molar-refractivity contribution in [2.24, 2.45) is 0 Å². The maximum atomic E-state index is 9.73. The van der Waals surface area contributed by atoms with E-state index in [9.17, 15) is 5.11 Å².